The summed E-state index contributed by atoms with van der Waals surface area (Å²) in [7, 11) is 0. The Morgan fingerprint density at radius 3 is 2.35 bits per heavy atom. The van der Waals surface area contributed by atoms with Crippen molar-refractivity contribution in [1.29, 1.82) is 0 Å². The summed E-state index contributed by atoms with van der Waals surface area (Å²) < 4.78 is 11.5. The fourth-order valence-corrected chi connectivity index (χ4v) is 3.91. The summed E-state index contributed by atoms with van der Waals surface area (Å²) >= 11 is 0. The fourth-order valence-electron chi connectivity index (χ4n) is 3.91. The first kappa shape index (κ1) is 20.9. The van der Waals surface area contributed by atoms with Crippen molar-refractivity contribution in [2.45, 2.75) is 39.5 Å². The van der Waals surface area contributed by atoms with Crippen molar-refractivity contribution in [3.05, 3.63) is 65.9 Å². The number of fused-ring (bicyclic) bond motifs is 1. The Morgan fingerprint density at radius 1 is 1.13 bits per heavy atom. The van der Waals surface area contributed by atoms with E-state index in [-0.39, 0.29) is 23.4 Å². The van der Waals surface area contributed by atoms with Gasteiger partial charge in [0, 0.05) is 11.1 Å². The Hall–Kier alpha value is -3.32. The molecule has 2 N–H and O–H groups in total. The molecule has 2 atom stereocenters. The molecule has 0 unspecified atom stereocenters. The first-order valence-electron chi connectivity index (χ1n) is 10.1. The van der Waals surface area contributed by atoms with E-state index < -0.39 is 23.6 Å². The average Bonchev–Trinajstić information content (AvgIpc) is 3.17. The van der Waals surface area contributed by atoms with Gasteiger partial charge in [-0.3, -0.25) is 14.5 Å². The zero-order valence-electron chi connectivity index (χ0n) is 18.0. The molecule has 1 saturated heterocycles. The molecule has 162 valence electrons. The number of carbonyl (C=O) groups is 2. The van der Waals surface area contributed by atoms with Gasteiger partial charge >= 0.3 is 0 Å². The van der Waals surface area contributed by atoms with Crippen LogP contribution in [0.5, 0.6) is 11.5 Å². The van der Waals surface area contributed by atoms with Crippen LogP contribution in [0, 0.1) is 5.41 Å². The van der Waals surface area contributed by atoms with Gasteiger partial charge in [-0.25, -0.2) is 0 Å². The summed E-state index contributed by atoms with van der Waals surface area (Å²) in [5.74, 6) is -0.121. The molecule has 7 heteroatoms. The maximum absolute atomic E-state index is 13.1. The second-order valence-corrected chi connectivity index (χ2v) is 9.10. The number of carbonyl (C=O) groups excluding carboxylic acids is 2. The molecule has 31 heavy (non-hydrogen) atoms. The summed E-state index contributed by atoms with van der Waals surface area (Å²) in [4.78, 5) is 27.5. The van der Waals surface area contributed by atoms with Crippen molar-refractivity contribution >= 4 is 17.5 Å². The lowest BCUT2D eigenvalue weighted by Gasteiger charge is -2.36. The van der Waals surface area contributed by atoms with Crippen LogP contribution < -0.4 is 10.1 Å². The molecule has 0 bridgehead atoms. The lowest BCUT2D eigenvalue weighted by Crippen LogP contribution is -2.50. The Bertz CT molecular complexity index is 1040. The molecule has 2 aliphatic rings. The topological polar surface area (TPSA) is 88.1 Å². The Morgan fingerprint density at radius 2 is 1.74 bits per heavy atom. The molecular formula is C24H26N2O5. The monoisotopic (exact) mass is 422 g/mol. The van der Waals surface area contributed by atoms with E-state index in [0.717, 1.165) is 0 Å². The van der Waals surface area contributed by atoms with Crippen LogP contribution in [-0.4, -0.2) is 40.2 Å². The van der Waals surface area contributed by atoms with Gasteiger partial charge in [0.05, 0.1) is 6.61 Å². The molecule has 0 aliphatic carbocycles. The highest BCUT2D eigenvalue weighted by atomic mass is 16.5. The molecular weight excluding hydrogens is 396 g/mol. The first-order chi connectivity index (χ1) is 14.6. The summed E-state index contributed by atoms with van der Waals surface area (Å²) in [6, 6.07) is 16.1. The highest BCUT2D eigenvalue weighted by Gasteiger charge is 2.60. The molecule has 2 aromatic carbocycles. The number of para-hydroxylation sites is 1. The molecule has 7 nitrogen and oxygen atoms in total. The van der Waals surface area contributed by atoms with Gasteiger partial charge in [-0.05, 0) is 43.3 Å². The number of aliphatic hydroxyl groups excluding tert-OH is 1. The molecule has 0 spiro atoms. The molecule has 2 amide bonds. The van der Waals surface area contributed by atoms with Crippen LogP contribution in [0.1, 0.15) is 27.7 Å². The second kappa shape index (κ2) is 7.42. The van der Waals surface area contributed by atoms with E-state index in [1.165, 1.54) is 4.90 Å². The highest BCUT2D eigenvalue weighted by Crippen LogP contribution is 2.45. The fraction of sp³-hybridized carbons (Fsp3) is 0.333. The van der Waals surface area contributed by atoms with E-state index in [0.29, 0.717) is 17.2 Å². The number of aliphatic hydroxyl groups is 1. The largest absolute Gasteiger partial charge is 0.509 e. The minimum absolute atomic E-state index is 0.134. The Kier molecular flexibility index (Phi) is 5.01. The number of ether oxygens (including phenoxy) is 2. The summed E-state index contributed by atoms with van der Waals surface area (Å²) in [6.45, 7) is 7.69. The SMILES string of the molecule is CC(C)(C)[C@H]1OC[C@]2(C)C(O)=C(C(=O)Nc3ccc(Oc4ccccc4)cc3)C(=O)N12. The summed E-state index contributed by atoms with van der Waals surface area (Å²) in [6.07, 6.45) is -0.535. The van der Waals surface area contributed by atoms with Crippen LogP contribution in [0.3, 0.4) is 0 Å². The van der Waals surface area contributed by atoms with Crippen molar-refractivity contribution in [1.82, 2.24) is 4.90 Å². The molecule has 2 aromatic rings. The van der Waals surface area contributed by atoms with Crippen molar-refractivity contribution in [3.8, 4) is 11.5 Å². The van der Waals surface area contributed by atoms with Crippen LogP contribution in [0.25, 0.3) is 0 Å². The number of rotatable bonds is 4. The van der Waals surface area contributed by atoms with Crippen molar-refractivity contribution < 1.29 is 24.2 Å². The number of nitrogens with one attached hydrogen (secondary N) is 1. The highest BCUT2D eigenvalue weighted by molar-refractivity contribution is 6.25. The van der Waals surface area contributed by atoms with Crippen molar-refractivity contribution in [3.63, 3.8) is 0 Å². The minimum Gasteiger partial charge on any atom is -0.509 e. The molecule has 4 rings (SSSR count). The molecule has 0 aromatic heterocycles. The van der Waals surface area contributed by atoms with Gasteiger partial charge in [-0.1, -0.05) is 39.0 Å². The number of hydrogen-bond donors (Lipinski definition) is 2. The van der Waals surface area contributed by atoms with Gasteiger partial charge in [0.25, 0.3) is 11.8 Å². The number of hydrogen-bond acceptors (Lipinski definition) is 5. The normalized spacial score (nSPS) is 23.2. The van der Waals surface area contributed by atoms with Crippen molar-refractivity contribution in [2.75, 3.05) is 11.9 Å². The maximum Gasteiger partial charge on any atom is 0.265 e. The van der Waals surface area contributed by atoms with Crippen LogP contribution in [0.15, 0.2) is 65.9 Å². The number of benzene rings is 2. The van der Waals surface area contributed by atoms with E-state index in [9.17, 15) is 14.7 Å². The van der Waals surface area contributed by atoms with Crippen LogP contribution in [0.4, 0.5) is 5.69 Å². The third kappa shape index (κ3) is 3.65. The van der Waals surface area contributed by atoms with Gasteiger partial charge in [0.15, 0.2) is 0 Å². The smallest absolute Gasteiger partial charge is 0.265 e. The van der Waals surface area contributed by atoms with Crippen LogP contribution in [0.2, 0.25) is 0 Å². The standard InChI is InChI=1S/C24H26N2O5/c1-23(2,3)22-26-21(29)18(19(27)24(26,4)14-30-22)20(28)25-15-10-12-17(13-11-15)31-16-8-6-5-7-9-16/h5-13,22,27H,14H2,1-4H3,(H,25,28)/t22-,24-/m1/s1. The Balaban J connectivity index is 1.50. The number of amides is 2. The molecule has 0 radical (unpaired) electrons. The quantitative estimate of drug-likeness (QED) is 0.720. The zero-order chi connectivity index (χ0) is 22.4. The molecule has 2 heterocycles. The predicted octanol–water partition coefficient (Wildman–Crippen LogP) is 4.23. The van der Waals surface area contributed by atoms with Crippen molar-refractivity contribution in [2.24, 2.45) is 5.41 Å². The maximum atomic E-state index is 13.1. The van der Waals surface area contributed by atoms with Gasteiger partial charge in [0.1, 0.15) is 34.6 Å². The molecule has 2 aliphatic heterocycles. The lowest BCUT2D eigenvalue weighted by molar-refractivity contribution is -0.140. The number of nitrogens with zero attached hydrogens (tertiary/aromatic N) is 1. The van der Waals surface area contributed by atoms with E-state index in [2.05, 4.69) is 5.32 Å². The third-order valence-corrected chi connectivity index (χ3v) is 5.53. The number of anilines is 1. The van der Waals surface area contributed by atoms with Crippen LogP contribution >= 0.6 is 0 Å². The summed E-state index contributed by atoms with van der Waals surface area (Å²) in [5.41, 5.74) is -1.17. The van der Waals surface area contributed by atoms with E-state index >= 15 is 0 Å². The zero-order valence-corrected chi connectivity index (χ0v) is 18.0. The van der Waals surface area contributed by atoms with E-state index in [1.54, 1.807) is 31.2 Å². The van der Waals surface area contributed by atoms with Crippen LogP contribution in [-0.2, 0) is 14.3 Å². The average molecular weight is 422 g/mol. The minimum atomic E-state index is -1.05. The summed E-state index contributed by atoms with van der Waals surface area (Å²) in [5, 5.41) is 13.5. The Labute approximate surface area is 181 Å². The van der Waals surface area contributed by atoms with E-state index in [1.807, 2.05) is 51.1 Å². The van der Waals surface area contributed by atoms with Gasteiger partial charge in [-0.2, -0.15) is 0 Å². The molecule has 1 fully saturated rings. The predicted molar refractivity (Wildman–Crippen MR) is 116 cm³/mol. The van der Waals surface area contributed by atoms with Gasteiger partial charge in [0.2, 0.25) is 0 Å². The van der Waals surface area contributed by atoms with Gasteiger partial charge in [-0.15, -0.1) is 0 Å². The lowest BCUT2D eigenvalue weighted by atomic mass is 9.92. The second-order valence-electron chi connectivity index (χ2n) is 9.10. The van der Waals surface area contributed by atoms with E-state index in [4.69, 9.17) is 9.47 Å². The molecule has 0 saturated carbocycles. The van der Waals surface area contributed by atoms with Gasteiger partial charge < -0.3 is 19.9 Å². The first-order valence-corrected chi connectivity index (χ1v) is 10.1. The third-order valence-electron chi connectivity index (χ3n) is 5.53.